The van der Waals surface area contributed by atoms with Crippen molar-refractivity contribution in [2.45, 2.75) is 19.4 Å². The molecule has 1 aromatic heterocycles. The summed E-state index contributed by atoms with van der Waals surface area (Å²) in [7, 11) is 0. The molecule has 15 heavy (non-hydrogen) atoms. The maximum atomic E-state index is 10.6. The molecule has 1 saturated carbocycles. The Hall–Kier alpha value is -1.78. The number of pyridine rings is 1. The van der Waals surface area contributed by atoms with Crippen LogP contribution in [0.4, 0.5) is 11.5 Å². The van der Waals surface area contributed by atoms with E-state index in [-0.39, 0.29) is 5.56 Å². The van der Waals surface area contributed by atoms with Crippen molar-refractivity contribution in [1.29, 1.82) is 0 Å². The second kappa shape index (κ2) is 3.42. The van der Waals surface area contributed by atoms with Crippen LogP contribution in [0.25, 0.3) is 0 Å². The Kier molecular flexibility index (Phi) is 2.22. The third-order valence-electron chi connectivity index (χ3n) is 2.60. The summed E-state index contributed by atoms with van der Waals surface area (Å²) >= 11 is 0. The van der Waals surface area contributed by atoms with Crippen molar-refractivity contribution in [3.63, 3.8) is 0 Å². The summed E-state index contributed by atoms with van der Waals surface area (Å²) in [4.78, 5) is 14.6. The van der Waals surface area contributed by atoms with E-state index in [1.54, 1.807) is 0 Å². The Balaban J connectivity index is 2.15. The van der Waals surface area contributed by atoms with Crippen LogP contribution in [0.5, 0.6) is 0 Å². The number of nitrogen functional groups attached to an aromatic ring is 1. The monoisotopic (exact) mass is 207 g/mol. The number of aromatic carboxylic acids is 1. The van der Waals surface area contributed by atoms with Gasteiger partial charge in [-0.05, 0) is 18.4 Å². The van der Waals surface area contributed by atoms with Crippen LogP contribution in [0.3, 0.4) is 0 Å². The fourth-order valence-corrected chi connectivity index (χ4v) is 1.42. The van der Waals surface area contributed by atoms with E-state index < -0.39 is 5.97 Å². The van der Waals surface area contributed by atoms with Crippen LogP contribution < -0.4 is 11.1 Å². The van der Waals surface area contributed by atoms with Crippen LogP contribution in [-0.2, 0) is 0 Å². The molecule has 1 aliphatic rings. The first-order chi connectivity index (χ1) is 7.08. The summed E-state index contributed by atoms with van der Waals surface area (Å²) in [5, 5.41) is 11.9. The number of hydrogen-bond acceptors (Lipinski definition) is 4. The summed E-state index contributed by atoms with van der Waals surface area (Å²) in [6.07, 6.45) is 2.43. The second-order valence-electron chi connectivity index (χ2n) is 3.93. The number of carboxylic acid groups (broad SMARTS) is 1. The molecule has 0 radical (unpaired) electrons. The number of nitrogens with zero attached hydrogens (tertiary/aromatic N) is 1. The van der Waals surface area contributed by atoms with Crippen LogP contribution in [0, 0.1) is 5.92 Å². The zero-order valence-electron chi connectivity index (χ0n) is 8.40. The third kappa shape index (κ3) is 2.01. The zero-order valence-corrected chi connectivity index (χ0v) is 8.40. The van der Waals surface area contributed by atoms with Crippen molar-refractivity contribution >= 4 is 17.5 Å². The van der Waals surface area contributed by atoms with Gasteiger partial charge in [0.05, 0.1) is 11.3 Å². The molecular formula is C10H13N3O2. The molecule has 1 aliphatic carbocycles. The lowest BCUT2D eigenvalue weighted by molar-refractivity contribution is 0.0696. The number of nitrogens with two attached hydrogens (primary N) is 1. The van der Waals surface area contributed by atoms with Crippen molar-refractivity contribution in [2.24, 2.45) is 5.92 Å². The number of carboxylic acids is 1. The van der Waals surface area contributed by atoms with Crippen LogP contribution in [0.15, 0.2) is 12.3 Å². The third-order valence-corrected chi connectivity index (χ3v) is 2.60. The van der Waals surface area contributed by atoms with Crippen LogP contribution in [0.2, 0.25) is 0 Å². The SMILES string of the molecule is CC1CC1Nc1ncc(C(=O)O)cc1N. The average molecular weight is 207 g/mol. The molecule has 0 saturated heterocycles. The normalized spacial score (nSPS) is 23.5. The topological polar surface area (TPSA) is 88.2 Å². The Morgan fingerprint density at radius 1 is 1.73 bits per heavy atom. The first-order valence-electron chi connectivity index (χ1n) is 4.83. The average Bonchev–Trinajstić information content (AvgIpc) is 2.85. The van der Waals surface area contributed by atoms with Crippen molar-refractivity contribution in [2.75, 3.05) is 11.1 Å². The van der Waals surface area contributed by atoms with E-state index in [9.17, 15) is 4.79 Å². The van der Waals surface area contributed by atoms with Gasteiger partial charge in [0, 0.05) is 12.2 Å². The molecule has 2 unspecified atom stereocenters. The molecule has 4 N–H and O–H groups in total. The van der Waals surface area contributed by atoms with Gasteiger partial charge in [-0.15, -0.1) is 0 Å². The lowest BCUT2D eigenvalue weighted by Gasteiger charge is -2.07. The van der Waals surface area contributed by atoms with Crippen LogP contribution >= 0.6 is 0 Å². The Morgan fingerprint density at radius 2 is 2.40 bits per heavy atom. The summed E-state index contributed by atoms with van der Waals surface area (Å²) in [6, 6.07) is 1.85. The smallest absolute Gasteiger partial charge is 0.337 e. The lowest BCUT2D eigenvalue weighted by Crippen LogP contribution is -2.09. The van der Waals surface area contributed by atoms with E-state index >= 15 is 0 Å². The van der Waals surface area contributed by atoms with Gasteiger partial charge in [0.2, 0.25) is 0 Å². The minimum absolute atomic E-state index is 0.113. The van der Waals surface area contributed by atoms with Crippen LogP contribution in [0.1, 0.15) is 23.7 Å². The molecule has 0 bridgehead atoms. The van der Waals surface area contributed by atoms with E-state index in [2.05, 4.69) is 17.2 Å². The van der Waals surface area contributed by atoms with Crippen molar-refractivity contribution < 1.29 is 9.90 Å². The Bertz CT molecular complexity index is 406. The molecule has 1 fully saturated rings. The molecule has 0 spiro atoms. The minimum Gasteiger partial charge on any atom is -0.478 e. The lowest BCUT2D eigenvalue weighted by atomic mass is 10.2. The minimum atomic E-state index is -1.01. The number of anilines is 2. The highest BCUT2D eigenvalue weighted by atomic mass is 16.4. The van der Waals surface area contributed by atoms with Crippen molar-refractivity contribution in [1.82, 2.24) is 4.98 Å². The van der Waals surface area contributed by atoms with E-state index in [4.69, 9.17) is 10.8 Å². The van der Waals surface area contributed by atoms with Crippen molar-refractivity contribution in [3.8, 4) is 0 Å². The van der Waals surface area contributed by atoms with Gasteiger partial charge in [-0.25, -0.2) is 9.78 Å². The molecule has 1 heterocycles. The van der Waals surface area contributed by atoms with Gasteiger partial charge in [0.1, 0.15) is 5.82 Å². The number of hydrogen-bond donors (Lipinski definition) is 3. The maximum absolute atomic E-state index is 10.6. The second-order valence-corrected chi connectivity index (χ2v) is 3.93. The maximum Gasteiger partial charge on any atom is 0.337 e. The first kappa shape index (κ1) is 9.76. The van der Waals surface area contributed by atoms with Gasteiger partial charge in [-0.2, -0.15) is 0 Å². The summed E-state index contributed by atoms with van der Waals surface area (Å²) in [5.74, 6) is 0.209. The zero-order chi connectivity index (χ0) is 11.0. The van der Waals surface area contributed by atoms with Crippen LogP contribution in [-0.4, -0.2) is 22.1 Å². The van der Waals surface area contributed by atoms with Gasteiger partial charge in [0.15, 0.2) is 0 Å². The van der Waals surface area contributed by atoms with Crippen molar-refractivity contribution in [3.05, 3.63) is 17.8 Å². The van der Waals surface area contributed by atoms with Gasteiger partial charge in [-0.3, -0.25) is 0 Å². The molecule has 80 valence electrons. The predicted molar refractivity (Wildman–Crippen MR) is 56.8 cm³/mol. The first-order valence-corrected chi connectivity index (χ1v) is 4.83. The van der Waals surface area contributed by atoms with Gasteiger partial charge < -0.3 is 16.2 Å². The summed E-state index contributed by atoms with van der Waals surface area (Å²) in [6.45, 7) is 2.14. The highest BCUT2D eigenvalue weighted by molar-refractivity contribution is 5.89. The van der Waals surface area contributed by atoms with Gasteiger partial charge in [-0.1, -0.05) is 6.92 Å². The summed E-state index contributed by atoms with van der Waals surface area (Å²) in [5.41, 5.74) is 6.19. The number of aromatic nitrogens is 1. The number of carbonyl (C=O) groups is 1. The highest BCUT2D eigenvalue weighted by Gasteiger charge is 2.33. The molecule has 0 aromatic carbocycles. The number of rotatable bonds is 3. The standard InChI is InChI=1S/C10H13N3O2/c1-5-2-8(5)13-9-7(11)3-6(4-12-9)10(14)15/h3-5,8H,2,11H2,1H3,(H,12,13)(H,14,15). The van der Waals surface area contributed by atoms with Gasteiger partial charge >= 0.3 is 5.97 Å². The molecule has 5 nitrogen and oxygen atoms in total. The Morgan fingerprint density at radius 3 is 2.87 bits per heavy atom. The number of nitrogens with one attached hydrogen (secondary N) is 1. The molecule has 1 aromatic rings. The quantitative estimate of drug-likeness (QED) is 0.692. The molecular weight excluding hydrogens is 194 g/mol. The fraction of sp³-hybridized carbons (Fsp3) is 0.400. The molecule has 2 rings (SSSR count). The largest absolute Gasteiger partial charge is 0.478 e. The van der Waals surface area contributed by atoms with E-state index in [0.717, 1.165) is 6.42 Å². The molecule has 2 atom stereocenters. The molecule has 0 amide bonds. The summed E-state index contributed by atoms with van der Waals surface area (Å²) < 4.78 is 0. The molecule has 0 aliphatic heterocycles. The molecule has 5 heteroatoms. The fourth-order valence-electron chi connectivity index (χ4n) is 1.42. The van der Waals surface area contributed by atoms with E-state index in [1.165, 1.54) is 12.3 Å². The van der Waals surface area contributed by atoms with Gasteiger partial charge in [0.25, 0.3) is 0 Å². The van der Waals surface area contributed by atoms with E-state index in [0.29, 0.717) is 23.5 Å². The highest BCUT2D eigenvalue weighted by Crippen LogP contribution is 2.33. The predicted octanol–water partition coefficient (Wildman–Crippen LogP) is 1.18. The van der Waals surface area contributed by atoms with E-state index in [1.807, 2.05) is 0 Å². The Labute approximate surface area is 87.3 Å².